The minimum Gasteiger partial charge on any atom is -0.497 e. The number of nitrogens with zero attached hydrogens (tertiary/aromatic N) is 2. The third-order valence-corrected chi connectivity index (χ3v) is 7.86. The first-order valence-electron chi connectivity index (χ1n) is 12.4. The Morgan fingerprint density at radius 1 is 1.21 bits per heavy atom. The Balaban J connectivity index is 1.43. The number of carbonyl (C=O) groups is 1. The lowest BCUT2D eigenvalue weighted by atomic mass is 9.71. The minimum absolute atomic E-state index is 0.0308. The van der Waals surface area contributed by atoms with E-state index in [1.54, 1.807) is 25.3 Å². The van der Waals surface area contributed by atoms with Crippen LogP contribution in [0.25, 0.3) is 10.9 Å². The normalized spacial score (nSPS) is 16.0. The molecule has 9 heteroatoms. The van der Waals surface area contributed by atoms with Crippen molar-refractivity contribution in [2.45, 2.75) is 38.2 Å². The van der Waals surface area contributed by atoms with Crippen molar-refractivity contribution in [2.24, 2.45) is 5.41 Å². The molecule has 0 aliphatic carbocycles. The highest BCUT2D eigenvalue weighted by Gasteiger charge is 2.37. The number of halogens is 3. The average Bonchev–Trinajstić information content (AvgIpc) is 2.89. The Bertz CT molecular complexity index is 1380. The van der Waals surface area contributed by atoms with Crippen LogP contribution >= 0.6 is 23.2 Å². The molecule has 1 aliphatic heterocycles. The Hall–Kier alpha value is -2.89. The summed E-state index contributed by atoms with van der Waals surface area (Å²) in [6.45, 7) is 1.87. The first kappa shape index (κ1) is 28.1. The lowest BCUT2D eigenvalue weighted by molar-refractivity contribution is -0.141. The van der Waals surface area contributed by atoms with Crippen LogP contribution in [-0.2, 0) is 4.79 Å². The van der Waals surface area contributed by atoms with E-state index in [0.717, 1.165) is 0 Å². The van der Waals surface area contributed by atoms with Gasteiger partial charge in [-0.2, -0.15) is 0 Å². The fourth-order valence-electron chi connectivity index (χ4n) is 5.08. The smallest absolute Gasteiger partial charge is 0.303 e. The van der Waals surface area contributed by atoms with E-state index in [9.17, 15) is 19.4 Å². The molecule has 200 valence electrons. The monoisotopic (exact) mass is 558 g/mol. The highest BCUT2D eigenvalue weighted by molar-refractivity contribution is 6.32. The Morgan fingerprint density at radius 2 is 1.97 bits per heavy atom. The van der Waals surface area contributed by atoms with Gasteiger partial charge in [-0.1, -0.05) is 35.0 Å². The summed E-state index contributed by atoms with van der Waals surface area (Å²) in [4.78, 5) is 18.3. The van der Waals surface area contributed by atoms with E-state index in [0.29, 0.717) is 78.1 Å². The quantitative estimate of drug-likeness (QED) is 0.324. The van der Waals surface area contributed by atoms with Crippen LogP contribution in [-0.4, -0.2) is 52.8 Å². The van der Waals surface area contributed by atoms with E-state index in [1.807, 2.05) is 6.07 Å². The zero-order chi connectivity index (χ0) is 27.3. The van der Waals surface area contributed by atoms with Crippen molar-refractivity contribution in [2.75, 3.05) is 26.7 Å². The molecule has 0 amide bonds. The van der Waals surface area contributed by atoms with Crippen LogP contribution in [0.1, 0.15) is 49.3 Å². The molecule has 4 rings (SSSR count). The summed E-state index contributed by atoms with van der Waals surface area (Å²) in [5.41, 5.74) is 1.40. The number of rotatable bonds is 8. The summed E-state index contributed by atoms with van der Waals surface area (Å²) in [6, 6.07) is 9.53. The Labute approximate surface area is 231 Å². The molecule has 1 saturated heterocycles. The second-order valence-corrected chi connectivity index (χ2v) is 10.5. The lowest BCUT2D eigenvalue weighted by Crippen LogP contribution is -2.41. The predicted molar refractivity (Wildman–Crippen MR) is 146 cm³/mol. The van der Waals surface area contributed by atoms with Crippen LogP contribution in [0.4, 0.5) is 4.39 Å². The number of aliphatic carboxylic acids is 1. The summed E-state index contributed by atoms with van der Waals surface area (Å²) >= 11 is 12.5. The maximum atomic E-state index is 13.2. The van der Waals surface area contributed by atoms with E-state index in [1.165, 1.54) is 18.3 Å². The first-order chi connectivity index (χ1) is 18.2. The fraction of sp³-hybridized carbons (Fsp3) is 0.379. The van der Waals surface area contributed by atoms with E-state index < -0.39 is 23.3 Å². The van der Waals surface area contributed by atoms with Crippen molar-refractivity contribution in [3.8, 4) is 17.6 Å². The number of aliphatic hydroxyl groups is 1. The number of piperidine rings is 1. The van der Waals surface area contributed by atoms with Gasteiger partial charge in [0.2, 0.25) is 0 Å². The molecule has 0 saturated carbocycles. The average molecular weight is 559 g/mol. The van der Waals surface area contributed by atoms with Crippen molar-refractivity contribution in [1.29, 1.82) is 0 Å². The summed E-state index contributed by atoms with van der Waals surface area (Å²) in [6.07, 6.45) is 2.92. The maximum Gasteiger partial charge on any atom is 0.303 e. The summed E-state index contributed by atoms with van der Waals surface area (Å²) < 4.78 is 18.6. The molecular formula is C29H29Cl2FN2O4. The zero-order valence-corrected chi connectivity index (χ0v) is 22.5. The van der Waals surface area contributed by atoms with Gasteiger partial charge in [-0.15, -0.1) is 0 Å². The van der Waals surface area contributed by atoms with Gasteiger partial charge >= 0.3 is 5.97 Å². The van der Waals surface area contributed by atoms with Gasteiger partial charge in [-0.25, -0.2) is 4.39 Å². The Kier molecular flexibility index (Phi) is 9.11. The third kappa shape index (κ3) is 6.75. The number of pyridine rings is 1. The molecule has 2 N–H and O–H groups in total. The van der Waals surface area contributed by atoms with E-state index in [2.05, 4.69) is 21.7 Å². The molecule has 0 bridgehead atoms. The van der Waals surface area contributed by atoms with Crippen molar-refractivity contribution >= 4 is 40.1 Å². The zero-order valence-electron chi connectivity index (χ0n) is 21.0. The first-order valence-corrected chi connectivity index (χ1v) is 13.1. The number of hydrogen-bond donors (Lipinski definition) is 2. The predicted octanol–water partition coefficient (Wildman–Crippen LogP) is 6.11. The van der Waals surface area contributed by atoms with E-state index >= 15 is 0 Å². The van der Waals surface area contributed by atoms with Gasteiger partial charge in [0.25, 0.3) is 0 Å². The van der Waals surface area contributed by atoms with E-state index in [4.69, 9.17) is 27.9 Å². The number of aromatic nitrogens is 1. The molecular weight excluding hydrogens is 530 g/mol. The molecule has 3 aromatic rings. The van der Waals surface area contributed by atoms with Gasteiger partial charge in [0.15, 0.2) is 0 Å². The molecule has 2 aromatic carbocycles. The topological polar surface area (TPSA) is 82.9 Å². The van der Waals surface area contributed by atoms with Crippen LogP contribution in [0, 0.1) is 23.1 Å². The van der Waals surface area contributed by atoms with Crippen molar-refractivity contribution in [3.05, 3.63) is 69.6 Å². The van der Waals surface area contributed by atoms with Gasteiger partial charge in [0, 0.05) is 22.7 Å². The number of carboxylic acid groups (broad SMARTS) is 1. The molecule has 0 spiro atoms. The number of benzene rings is 2. The molecule has 1 fully saturated rings. The number of carboxylic acids is 1. The van der Waals surface area contributed by atoms with Gasteiger partial charge in [0.05, 0.1) is 41.7 Å². The number of methoxy groups -OCH3 is 1. The second kappa shape index (κ2) is 12.3. The standard InChI is InChI=1S/C29H29Cl2FN2O4/c1-38-21-6-7-25-22(16-21)28(24(31)18-33-25)26(35)8-9-29(17-27(36)37)10-13-34(14-11-29)12-2-3-19-4-5-20(32)15-23(19)30/h4-7,15-16,18,26,35H,8-14,17H2,1H3,(H,36,37)/t26-/m0/s1. The number of fused-ring (bicyclic) bond motifs is 1. The van der Waals surface area contributed by atoms with Crippen LogP contribution in [0.5, 0.6) is 5.75 Å². The molecule has 1 aliphatic rings. The molecule has 1 aromatic heterocycles. The van der Waals surface area contributed by atoms with Gasteiger partial charge in [0.1, 0.15) is 11.6 Å². The molecule has 2 heterocycles. The van der Waals surface area contributed by atoms with Crippen LogP contribution in [0.2, 0.25) is 10.0 Å². The fourth-order valence-corrected chi connectivity index (χ4v) is 5.57. The highest BCUT2D eigenvalue weighted by atomic mass is 35.5. The highest BCUT2D eigenvalue weighted by Crippen LogP contribution is 2.43. The molecule has 38 heavy (non-hydrogen) atoms. The van der Waals surface area contributed by atoms with E-state index in [-0.39, 0.29) is 11.4 Å². The largest absolute Gasteiger partial charge is 0.497 e. The minimum atomic E-state index is -0.880. The maximum absolute atomic E-state index is 13.2. The van der Waals surface area contributed by atoms with Crippen LogP contribution < -0.4 is 4.74 Å². The molecule has 0 radical (unpaired) electrons. The van der Waals surface area contributed by atoms with Crippen molar-refractivity contribution < 1.29 is 24.1 Å². The molecule has 6 nitrogen and oxygen atoms in total. The van der Waals surface area contributed by atoms with Gasteiger partial charge < -0.3 is 14.9 Å². The van der Waals surface area contributed by atoms with Crippen LogP contribution in [0.15, 0.2) is 42.6 Å². The number of hydrogen-bond acceptors (Lipinski definition) is 5. The Morgan fingerprint density at radius 3 is 2.66 bits per heavy atom. The van der Waals surface area contributed by atoms with Crippen molar-refractivity contribution in [1.82, 2.24) is 9.88 Å². The lowest BCUT2D eigenvalue weighted by Gasteiger charge is -2.41. The second-order valence-electron chi connectivity index (χ2n) is 9.73. The SMILES string of the molecule is COc1ccc2ncc(Cl)c([C@@H](O)CCC3(CC(=O)O)CCN(CC#Cc4ccc(F)cc4Cl)CC3)c2c1. The van der Waals surface area contributed by atoms with Gasteiger partial charge in [-0.05, 0) is 80.6 Å². The van der Waals surface area contributed by atoms with Gasteiger partial charge in [-0.3, -0.25) is 14.7 Å². The summed E-state index contributed by atoms with van der Waals surface area (Å²) in [7, 11) is 1.57. The number of aliphatic hydroxyl groups excluding tert-OH is 1. The van der Waals surface area contributed by atoms with Crippen molar-refractivity contribution in [3.63, 3.8) is 0 Å². The van der Waals surface area contributed by atoms with Crippen LogP contribution in [0.3, 0.4) is 0 Å². The third-order valence-electron chi connectivity index (χ3n) is 7.25. The summed E-state index contributed by atoms with van der Waals surface area (Å²) in [5.74, 6) is 5.44. The molecule has 1 atom stereocenters. The number of ether oxygens (including phenoxy) is 1. The summed E-state index contributed by atoms with van der Waals surface area (Å²) in [5, 5.41) is 22.2. The molecule has 0 unspecified atom stereocenters. The number of likely N-dealkylation sites (tertiary alicyclic amines) is 1.